The third kappa shape index (κ3) is 16.9. The Labute approximate surface area is 409 Å². The molecule has 1 aliphatic carbocycles. The predicted molar refractivity (Wildman–Crippen MR) is 257 cm³/mol. The highest BCUT2D eigenvalue weighted by Gasteiger charge is 2.44. The second kappa shape index (κ2) is 27.7. The molecule has 0 spiro atoms. The molecule has 22 heteroatoms. The van der Waals surface area contributed by atoms with Crippen LogP contribution in [0.1, 0.15) is 69.4 Å². The van der Waals surface area contributed by atoms with Crippen LogP contribution in [0.4, 0.5) is 5.69 Å². The number of benzene rings is 2. The van der Waals surface area contributed by atoms with Crippen molar-refractivity contribution in [3.63, 3.8) is 0 Å². The van der Waals surface area contributed by atoms with Crippen LogP contribution in [0.2, 0.25) is 0 Å². The molecular weight excluding hydrogens is 955 g/mol. The van der Waals surface area contributed by atoms with Crippen molar-refractivity contribution in [1.82, 2.24) is 9.64 Å². The van der Waals surface area contributed by atoms with Gasteiger partial charge in [0.05, 0.1) is 75.8 Å². The molecule has 4 aliphatic rings. The van der Waals surface area contributed by atoms with Crippen molar-refractivity contribution >= 4 is 49.8 Å². The summed E-state index contributed by atoms with van der Waals surface area (Å²) in [5.74, 6) is -1.75. The minimum Gasteiger partial charge on any atom is -0.464 e. The number of allylic oxidation sites excluding steroid dienone is 3. The molecule has 2 N–H and O–H groups in total. The van der Waals surface area contributed by atoms with Crippen LogP contribution in [0.15, 0.2) is 75.9 Å². The lowest BCUT2D eigenvalue weighted by Gasteiger charge is -2.30. The quantitative estimate of drug-likeness (QED) is 0.0384. The summed E-state index contributed by atoms with van der Waals surface area (Å²) in [5.41, 5.74) is 2.49. The van der Waals surface area contributed by atoms with Gasteiger partial charge in [-0.05, 0) is 80.1 Å². The molecule has 20 nitrogen and oxygen atoms in total. The molecule has 70 heavy (non-hydrogen) atoms. The molecule has 1 fully saturated rings. The van der Waals surface area contributed by atoms with Gasteiger partial charge in [0, 0.05) is 68.5 Å². The Bertz CT molecular complexity index is 2510. The molecule has 1 saturated heterocycles. The van der Waals surface area contributed by atoms with Crippen LogP contribution in [0.5, 0.6) is 0 Å². The lowest BCUT2D eigenvalue weighted by atomic mass is 9.77. The minimum atomic E-state index is -4.62. The fraction of sp³-hybridized carbons (Fsp3) is 0.542. The van der Waals surface area contributed by atoms with Crippen molar-refractivity contribution in [3.05, 3.63) is 83.1 Å². The van der Waals surface area contributed by atoms with Gasteiger partial charge in [0.25, 0.3) is 32.1 Å². The lowest BCUT2D eigenvalue weighted by Crippen LogP contribution is -2.36. The molecule has 0 radical (unpaired) electrons. The minimum absolute atomic E-state index is 0.0116. The number of nitrogens with zero attached hydrogens (tertiary/aromatic N) is 3. The number of amides is 2. The van der Waals surface area contributed by atoms with Gasteiger partial charge >= 0.3 is 5.97 Å². The number of unbranched alkanes of at least 4 members (excludes halogenated alkanes) is 2. The Kier molecular flexibility index (Phi) is 22.1. The number of hydrogen-bond donors (Lipinski definition) is 2. The number of hydroxylamine groups is 2. The van der Waals surface area contributed by atoms with Crippen LogP contribution in [-0.4, -0.2) is 154 Å². The molecule has 386 valence electrons. The molecule has 2 amide bonds. The van der Waals surface area contributed by atoms with Crippen LogP contribution >= 0.6 is 0 Å². The van der Waals surface area contributed by atoms with Crippen LogP contribution in [0, 0.1) is 0 Å². The Morgan fingerprint density at radius 2 is 1.41 bits per heavy atom. The second-order valence-electron chi connectivity index (χ2n) is 16.8. The van der Waals surface area contributed by atoms with Crippen LogP contribution in [0.3, 0.4) is 0 Å². The fourth-order valence-corrected chi connectivity index (χ4v) is 9.19. The molecule has 1 aromatic rings. The van der Waals surface area contributed by atoms with Crippen LogP contribution in [0.25, 0.3) is 17.4 Å². The van der Waals surface area contributed by atoms with Crippen molar-refractivity contribution in [1.29, 1.82) is 0 Å². The van der Waals surface area contributed by atoms with Crippen molar-refractivity contribution in [2.45, 2.75) is 68.6 Å². The first-order valence-electron chi connectivity index (χ1n) is 23.2. The molecule has 0 bridgehead atoms. The summed E-state index contributed by atoms with van der Waals surface area (Å²) in [7, 11) is -5.72. The van der Waals surface area contributed by atoms with Gasteiger partial charge < -0.3 is 42.6 Å². The van der Waals surface area contributed by atoms with E-state index in [1.165, 1.54) is 12.1 Å². The number of carbonyl (C=O) groups is 3. The first kappa shape index (κ1) is 56.0. The predicted octanol–water partition coefficient (Wildman–Crippen LogP) is 4.27. The summed E-state index contributed by atoms with van der Waals surface area (Å²) in [4.78, 5) is 43.0. The number of rotatable bonds is 32. The van der Waals surface area contributed by atoms with E-state index < -0.39 is 49.2 Å². The highest BCUT2D eigenvalue weighted by molar-refractivity contribution is 7.86. The van der Waals surface area contributed by atoms with E-state index in [0.29, 0.717) is 133 Å². The van der Waals surface area contributed by atoms with Gasteiger partial charge in [-0.3, -0.25) is 18.7 Å². The van der Waals surface area contributed by atoms with Crippen molar-refractivity contribution < 1.29 is 78.0 Å². The molecule has 0 aromatic heterocycles. The highest BCUT2D eigenvalue weighted by Crippen LogP contribution is 2.51. The first-order valence-corrected chi connectivity index (χ1v) is 26.3. The normalized spacial score (nSPS) is 16.9. The van der Waals surface area contributed by atoms with Crippen LogP contribution in [-0.2, 0) is 73.3 Å². The van der Waals surface area contributed by atoms with Gasteiger partial charge in [-0.2, -0.15) is 16.8 Å². The molecular formula is C48H66N3O17S2+. The van der Waals surface area contributed by atoms with Crippen LogP contribution < -0.4 is 14.8 Å². The zero-order valence-electron chi connectivity index (χ0n) is 40.1. The molecule has 3 heterocycles. The number of anilines is 1. The molecule has 1 atom stereocenters. The van der Waals surface area contributed by atoms with E-state index in [4.69, 9.17) is 37.7 Å². The number of hydrogen-bond acceptors (Lipinski definition) is 16. The van der Waals surface area contributed by atoms with E-state index >= 15 is 0 Å². The fourth-order valence-electron chi connectivity index (χ4n) is 8.18. The van der Waals surface area contributed by atoms with Gasteiger partial charge in [0.15, 0.2) is 13.1 Å². The van der Waals surface area contributed by atoms with E-state index in [1.54, 1.807) is 26.5 Å². The standard InChI is InChI=1S/C48H65N3O17S2/c1-48(19-8-34-69(55,56)57)41-36-39(70(58,59)60)13-15-42(41)50(20-6-4-5-11-47(54)68-51-45(52)16-17-46(51)53)44(48)10-7-9-37-18-23-67-43-35-38(12-14-40(37)43)49(21-24-63-30-32-65-28-26-61-2)22-25-64-31-33-66-29-27-62-3/h7,9-10,12-15,18,23,35-36H,4-6,8,11,16-17,19-22,24-34H2,1-3H3,(H-,55,56,57,58,59,60)/p+1. The summed E-state index contributed by atoms with van der Waals surface area (Å²) in [6.45, 7) is 7.97. The topological polar surface area (TPSA) is 247 Å². The third-order valence-corrected chi connectivity index (χ3v) is 13.4. The SMILES string of the molecule is COCCOCCOCC[N+](CCOCCOCCOC)=c1ccc2c(/C=C/C=C3/N(CCCCCC(=O)ON4C(=O)CCC4=O)c4ccc(S(=O)(=O)O)cc4C3(C)CCCS(=O)(=O)O)ccoc-2c1. The molecule has 3 aliphatic heterocycles. The summed E-state index contributed by atoms with van der Waals surface area (Å²) in [5, 5.41) is 1.40. The number of imide groups is 1. The zero-order chi connectivity index (χ0) is 50.6. The van der Waals surface area contributed by atoms with Gasteiger partial charge in [-0.25, -0.2) is 9.37 Å². The van der Waals surface area contributed by atoms with Gasteiger partial charge in [-0.1, -0.05) is 18.6 Å². The van der Waals surface area contributed by atoms with Gasteiger partial charge in [0.2, 0.25) is 5.36 Å². The molecule has 1 aromatic carbocycles. The Balaban J connectivity index is 1.40. The lowest BCUT2D eigenvalue weighted by molar-refractivity contribution is -0.197. The maximum Gasteiger partial charge on any atom is 0.333 e. The number of carbonyl (C=O) groups excluding carboxylic acids is 3. The average molecular weight is 1020 g/mol. The Hall–Kier alpha value is -4.88. The smallest absolute Gasteiger partial charge is 0.333 e. The number of fused-ring (bicyclic) bond motifs is 2. The maximum absolute atomic E-state index is 12.5. The van der Waals surface area contributed by atoms with Crippen molar-refractivity contribution in [2.75, 3.05) is 111 Å². The van der Waals surface area contributed by atoms with E-state index in [2.05, 4.69) is 4.58 Å². The highest BCUT2D eigenvalue weighted by atomic mass is 32.2. The van der Waals surface area contributed by atoms with E-state index in [9.17, 15) is 40.3 Å². The van der Waals surface area contributed by atoms with E-state index in [1.807, 2.05) is 54.3 Å². The molecule has 0 saturated carbocycles. The third-order valence-electron chi connectivity index (χ3n) is 11.8. The summed E-state index contributed by atoms with van der Waals surface area (Å²) < 4.78 is 109. The number of ether oxygens (including phenoxy) is 6. The molecule has 5 rings (SSSR count). The first-order chi connectivity index (χ1) is 33.6. The van der Waals surface area contributed by atoms with Crippen molar-refractivity contribution in [2.24, 2.45) is 0 Å². The zero-order valence-corrected chi connectivity index (χ0v) is 41.7. The van der Waals surface area contributed by atoms with Crippen molar-refractivity contribution in [3.8, 4) is 11.3 Å². The summed E-state index contributed by atoms with van der Waals surface area (Å²) >= 11 is 0. The average Bonchev–Trinajstić information content (AvgIpc) is 3.75. The van der Waals surface area contributed by atoms with E-state index in [-0.39, 0.29) is 37.0 Å². The van der Waals surface area contributed by atoms with Gasteiger partial charge in [-0.15, -0.1) is 5.06 Å². The Morgan fingerprint density at radius 3 is 2.03 bits per heavy atom. The second-order valence-corrected chi connectivity index (χ2v) is 19.8. The molecule has 1 unspecified atom stereocenters. The largest absolute Gasteiger partial charge is 0.464 e. The van der Waals surface area contributed by atoms with E-state index in [0.717, 1.165) is 16.5 Å². The monoisotopic (exact) mass is 1020 g/mol. The maximum atomic E-state index is 12.5. The number of methoxy groups -OCH3 is 2. The van der Waals surface area contributed by atoms with Gasteiger partial charge in [0.1, 0.15) is 19.0 Å². The Morgan fingerprint density at radius 1 is 0.786 bits per heavy atom. The summed E-state index contributed by atoms with van der Waals surface area (Å²) in [6, 6.07) is 12.0. The summed E-state index contributed by atoms with van der Waals surface area (Å²) in [6.07, 6.45) is 8.80.